The first-order valence-electron chi connectivity index (χ1n) is 7.18. The lowest BCUT2D eigenvalue weighted by Crippen LogP contribution is -2.47. The Bertz CT molecular complexity index is 279. The van der Waals surface area contributed by atoms with Crippen LogP contribution in [0.1, 0.15) is 19.8 Å². The van der Waals surface area contributed by atoms with Gasteiger partial charge in [-0.2, -0.15) is 0 Å². The fourth-order valence-corrected chi connectivity index (χ4v) is 2.40. The summed E-state index contributed by atoms with van der Waals surface area (Å²) in [5, 5.41) is 0. The van der Waals surface area contributed by atoms with Crippen LogP contribution < -0.4 is 5.73 Å². The highest BCUT2D eigenvalue weighted by Crippen LogP contribution is 2.24. The number of guanidine groups is 1. The van der Waals surface area contributed by atoms with Gasteiger partial charge in [0.05, 0.1) is 6.54 Å². The minimum atomic E-state index is 0.654. The lowest BCUT2D eigenvalue weighted by Gasteiger charge is -2.33. The fourth-order valence-electron chi connectivity index (χ4n) is 2.40. The second kappa shape index (κ2) is 6.38. The molecule has 1 saturated heterocycles. The van der Waals surface area contributed by atoms with Gasteiger partial charge in [0.1, 0.15) is 0 Å². The molecule has 0 aromatic rings. The third-order valence-corrected chi connectivity index (χ3v) is 4.06. The van der Waals surface area contributed by atoms with Gasteiger partial charge in [-0.15, -0.1) is 0 Å². The van der Waals surface area contributed by atoms with Crippen LogP contribution in [0.4, 0.5) is 0 Å². The molecule has 2 N–H and O–H groups in total. The number of nitrogens with zero attached hydrogens (tertiary/aromatic N) is 4. The van der Waals surface area contributed by atoms with Crippen LogP contribution in [0.2, 0.25) is 0 Å². The zero-order valence-electron chi connectivity index (χ0n) is 11.8. The Hall–Kier alpha value is -0.810. The van der Waals surface area contributed by atoms with E-state index in [1.54, 1.807) is 0 Å². The SMILES string of the molecule is CCN1CCN(CCN=C(N)N(C)C2CC2)CC1. The summed E-state index contributed by atoms with van der Waals surface area (Å²) in [4.78, 5) is 11.6. The van der Waals surface area contributed by atoms with E-state index in [9.17, 15) is 0 Å². The van der Waals surface area contributed by atoms with E-state index in [0.29, 0.717) is 12.0 Å². The first-order chi connectivity index (χ1) is 8.70. The van der Waals surface area contributed by atoms with E-state index < -0.39 is 0 Å². The van der Waals surface area contributed by atoms with Crippen LogP contribution in [0.25, 0.3) is 0 Å². The van der Waals surface area contributed by atoms with Crippen molar-refractivity contribution in [1.82, 2.24) is 14.7 Å². The first kappa shape index (κ1) is 13.6. The molecule has 0 aromatic heterocycles. The van der Waals surface area contributed by atoms with Crippen molar-refractivity contribution in [2.45, 2.75) is 25.8 Å². The Morgan fingerprint density at radius 3 is 2.39 bits per heavy atom. The lowest BCUT2D eigenvalue weighted by molar-refractivity contribution is 0.140. The normalized spacial score (nSPS) is 23.3. The number of rotatable bonds is 5. The molecule has 1 heterocycles. The first-order valence-corrected chi connectivity index (χ1v) is 7.18. The van der Waals surface area contributed by atoms with Gasteiger partial charge in [-0.3, -0.25) is 9.89 Å². The van der Waals surface area contributed by atoms with Crippen LogP contribution in [-0.2, 0) is 0 Å². The molecule has 0 unspecified atom stereocenters. The number of aliphatic imine (C=N–C) groups is 1. The Balaban J connectivity index is 1.64. The van der Waals surface area contributed by atoms with Gasteiger partial charge in [-0.05, 0) is 19.4 Å². The van der Waals surface area contributed by atoms with Gasteiger partial charge >= 0.3 is 0 Å². The summed E-state index contributed by atoms with van der Waals surface area (Å²) in [7, 11) is 2.05. The maximum atomic E-state index is 5.97. The molecule has 0 atom stereocenters. The minimum Gasteiger partial charge on any atom is -0.370 e. The molecule has 0 aromatic carbocycles. The highest BCUT2D eigenvalue weighted by molar-refractivity contribution is 5.78. The van der Waals surface area contributed by atoms with Crippen molar-refractivity contribution in [2.75, 3.05) is 52.9 Å². The highest BCUT2D eigenvalue weighted by Gasteiger charge is 2.27. The molecule has 18 heavy (non-hydrogen) atoms. The van der Waals surface area contributed by atoms with Gasteiger partial charge in [-0.1, -0.05) is 6.92 Å². The smallest absolute Gasteiger partial charge is 0.191 e. The van der Waals surface area contributed by atoms with E-state index in [2.05, 4.69) is 33.7 Å². The molecule has 1 aliphatic carbocycles. The molecule has 2 aliphatic rings. The van der Waals surface area contributed by atoms with Gasteiger partial charge in [0.15, 0.2) is 5.96 Å². The number of hydrogen-bond acceptors (Lipinski definition) is 3. The monoisotopic (exact) mass is 253 g/mol. The summed E-state index contributed by atoms with van der Waals surface area (Å²) in [6.07, 6.45) is 2.54. The van der Waals surface area contributed by atoms with E-state index in [4.69, 9.17) is 5.73 Å². The summed E-state index contributed by atoms with van der Waals surface area (Å²) in [5.74, 6) is 0.713. The molecular weight excluding hydrogens is 226 g/mol. The molecule has 5 nitrogen and oxygen atoms in total. The minimum absolute atomic E-state index is 0.654. The molecule has 0 radical (unpaired) electrons. The van der Waals surface area contributed by atoms with E-state index in [-0.39, 0.29) is 0 Å². The van der Waals surface area contributed by atoms with Crippen LogP contribution in [0.15, 0.2) is 4.99 Å². The third kappa shape index (κ3) is 3.85. The van der Waals surface area contributed by atoms with Crippen LogP contribution in [0, 0.1) is 0 Å². The Labute approximate surface area is 111 Å². The summed E-state index contributed by atoms with van der Waals surface area (Å²) in [6, 6.07) is 0.654. The molecule has 104 valence electrons. The van der Waals surface area contributed by atoms with Gasteiger partial charge in [0, 0.05) is 45.8 Å². The quantitative estimate of drug-likeness (QED) is 0.555. The van der Waals surface area contributed by atoms with E-state index in [1.165, 1.54) is 45.6 Å². The van der Waals surface area contributed by atoms with Gasteiger partial charge < -0.3 is 15.5 Å². The van der Waals surface area contributed by atoms with Crippen LogP contribution >= 0.6 is 0 Å². The topological polar surface area (TPSA) is 48.1 Å². The van der Waals surface area contributed by atoms with Crippen molar-refractivity contribution in [2.24, 2.45) is 10.7 Å². The number of nitrogens with two attached hydrogens (primary N) is 1. The average Bonchev–Trinajstić information content (AvgIpc) is 3.23. The second-order valence-corrected chi connectivity index (χ2v) is 5.36. The molecule has 0 spiro atoms. The second-order valence-electron chi connectivity index (χ2n) is 5.36. The molecular formula is C13H27N5. The molecule has 0 bridgehead atoms. The van der Waals surface area contributed by atoms with Crippen LogP contribution in [-0.4, -0.2) is 79.6 Å². The standard InChI is InChI=1S/C13H27N5/c1-3-17-8-10-18(11-9-17)7-6-15-13(14)16(2)12-4-5-12/h12H,3-11H2,1-2H3,(H2,14,15). The summed E-state index contributed by atoms with van der Waals surface area (Å²) in [6.45, 7) is 9.99. The Kier molecular flexibility index (Phi) is 4.83. The summed E-state index contributed by atoms with van der Waals surface area (Å²) < 4.78 is 0. The van der Waals surface area contributed by atoms with Crippen molar-refractivity contribution in [3.63, 3.8) is 0 Å². The Morgan fingerprint density at radius 1 is 1.22 bits per heavy atom. The fraction of sp³-hybridized carbons (Fsp3) is 0.923. The maximum absolute atomic E-state index is 5.97. The lowest BCUT2D eigenvalue weighted by atomic mass is 10.3. The third-order valence-electron chi connectivity index (χ3n) is 4.06. The van der Waals surface area contributed by atoms with Gasteiger partial charge in [0.2, 0.25) is 0 Å². The van der Waals surface area contributed by atoms with E-state index >= 15 is 0 Å². The zero-order valence-corrected chi connectivity index (χ0v) is 11.8. The predicted molar refractivity (Wildman–Crippen MR) is 75.8 cm³/mol. The number of hydrogen-bond donors (Lipinski definition) is 1. The van der Waals surface area contributed by atoms with E-state index in [1.807, 2.05) is 0 Å². The van der Waals surface area contributed by atoms with E-state index in [0.717, 1.165) is 13.1 Å². The predicted octanol–water partition coefficient (Wildman–Crippen LogP) is 0.0328. The largest absolute Gasteiger partial charge is 0.370 e. The highest BCUT2D eigenvalue weighted by atomic mass is 15.3. The number of likely N-dealkylation sites (N-methyl/N-ethyl adjacent to an activating group) is 1. The summed E-state index contributed by atoms with van der Waals surface area (Å²) in [5.41, 5.74) is 5.97. The molecule has 0 amide bonds. The number of piperazine rings is 1. The van der Waals surface area contributed by atoms with Crippen molar-refractivity contribution in [1.29, 1.82) is 0 Å². The summed E-state index contributed by atoms with van der Waals surface area (Å²) >= 11 is 0. The molecule has 1 saturated carbocycles. The molecule has 5 heteroatoms. The van der Waals surface area contributed by atoms with Gasteiger partial charge in [0.25, 0.3) is 0 Å². The van der Waals surface area contributed by atoms with Crippen molar-refractivity contribution >= 4 is 5.96 Å². The van der Waals surface area contributed by atoms with Crippen molar-refractivity contribution in [3.8, 4) is 0 Å². The van der Waals surface area contributed by atoms with Crippen molar-refractivity contribution < 1.29 is 0 Å². The van der Waals surface area contributed by atoms with Crippen LogP contribution in [0.3, 0.4) is 0 Å². The average molecular weight is 253 g/mol. The van der Waals surface area contributed by atoms with Crippen molar-refractivity contribution in [3.05, 3.63) is 0 Å². The molecule has 2 fully saturated rings. The zero-order chi connectivity index (χ0) is 13.0. The maximum Gasteiger partial charge on any atom is 0.191 e. The molecule has 1 aliphatic heterocycles. The van der Waals surface area contributed by atoms with Crippen LogP contribution in [0.5, 0.6) is 0 Å². The molecule has 2 rings (SSSR count). The Morgan fingerprint density at radius 2 is 1.83 bits per heavy atom. The van der Waals surface area contributed by atoms with Gasteiger partial charge in [-0.25, -0.2) is 0 Å².